The minimum atomic E-state index is 0.144. The van der Waals surface area contributed by atoms with E-state index in [1.807, 2.05) is 18.2 Å². The molecule has 3 aromatic rings. The molecular weight excluding hydrogens is 307 g/mol. The summed E-state index contributed by atoms with van der Waals surface area (Å²) in [5.41, 5.74) is 2.59. The fraction of sp³-hybridized carbons (Fsp3) is 0.188. The molecule has 1 N–H and O–H groups in total. The SMILES string of the molecule is Oc1cc(Cl)ccc1-c1nc2cc(Cl)ccc2n1C1CC1. The van der Waals surface area contributed by atoms with Gasteiger partial charge >= 0.3 is 0 Å². The van der Waals surface area contributed by atoms with E-state index in [4.69, 9.17) is 23.2 Å². The van der Waals surface area contributed by atoms with Gasteiger partial charge in [-0.2, -0.15) is 0 Å². The normalized spacial score (nSPS) is 14.8. The van der Waals surface area contributed by atoms with E-state index in [9.17, 15) is 5.11 Å². The molecule has 0 atom stereocenters. The highest BCUT2D eigenvalue weighted by molar-refractivity contribution is 6.31. The zero-order valence-electron chi connectivity index (χ0n) is 11.1. The number of phenolic OH excluding ortho intramolecular Hbond substituents is 1. The van der Waals surface area contributed by atoms with E-state index in [0.717, 1.165) is 29.7 Å². The van der Waals surface area contributed by atoms with Gasteiger partial charge < -0.3 is 9.67 Å². The number of phenols is 1. The van der Waals surface area contributed by atoms with E-state index >= 15 is 0 Å². The molecule has 0 saturated heterocycles. The number of rotatable bonds is 2. The second-order valence-corrected chi connectivity index (χ2v) is 6.20. The average Bonchev–Trinajstić information content (AvgIpc) is 3.20. The molecule has 5 heteroatoms. The molecule has 3 nitrogen and oxygen atoms in total. The summed E-state index contributed by atoms with van der Waals surface area (Å²) in [6, 6.07) is 11.3. The van der Waals surface area contributed by atoms with Gasteiger partial charge in [-0.25, -0.2) is 4.98 Å². The molecule has 1 aliphatic carbocycles. The van der Waals surface area contributed by atoms with Gasteiger partial charge in [-0.3, -0.25) is 0 Å². The number of benzene rings is 2. The van der Waals surface area contributed by atoms with Crippen molar-refractivity contribution >= 4 is 34.2 Å². The van der Waals surface area contributed by atoms with Crippen LogP contribution in [0.25, 0.3) is 22.4 Å². The Kier molecular flexibility index (Phi) is 2.88. The summed E-state index contributed by atoms with van der Waals surface area (Å²) >= 11 is 12.0. The van der Waals surface area contributed by atoms with E-state index in [1.165, 1.54) is 0 Å². The van der Waals surface area contributed by atoms with Crippen LogP contribution in [0.4, 0.5) is 0 Å². The van der Waals surface area contributed by atoms with Crippen LogP contribution < -0.4 is 0 Å². The maximum Gasteiger partial charge on any atom is 0.145 e. The average molecular weight is 319 g/mol. The first-order valence-electron chi connectivity index (χ1n) is 6.80. The van der Waals surface area contributed by atoms with Crippen LogP contribution >= 0.6 is 23.2 Å². The van der Waals surface area contributed by atoms with E-state index in [2.05, 4.69) is 9.55 Å². The van der Waals surface area contributed by atoms with Crippen molar-refractivity contribution in [3.63, 3.8) is 0 Å². The summed E-state index contributed by atoms with van der Waals surface area (Å²) in [4.78, 5) is 4.67. The standard InChI is InChI=1S/C16H12Cl2N2O/c17-9-2-6-14-13(7-9)19-16(20(14)11-3-4-11)12-5-1-10(18)8-15(12)21/h1-2,5-8,11,21H,3-4H2. The lowest BCUT2D eigenvalue weighted by atomic mass is 10.2. The third-order valence-electron chi connectivity index (χ3n) is 3.76. The maximum absolute atomic E-state index is 10.2. The van der Waals surface area contributed by atoms with Gasteiger partial charge in [0.1, 0.15) is 11.6 Å². The fourth-order valence-corrected chi connectivity index (χ4v) is 2.99. The van der Waals surface area contributed by atoms with Crippen LogP contribution in [0.5, 0.6) is 5.75 Å². The van der Waals surface area contributed by atoms with E-state index in [-0.39, 0.29) is 5.75 Å². The molecule has 1 heterocycles. The molecule has 0 bridgehead atoms. The molecule has 1 aromatic heterocycles. The number of hydrogen-bond donors (Lipinski definition) is 1. The monoisotopic (exact) mass is 318 g/mol. The molecule has 0 amide bonds. The Bertz CT molecular complexity index is 853. The van der Waals surface area contributed by atoms with Crippen LogP contribution in [0.3, 0.4) is 0 Å². The summed E-state index contributed by atoms with van der Waals surface area (Å²) in [5.74, 6) is 0.912. The number of fused-ring (bicyclic) bond motifs is 1. The van der Waals surface area contributed by atoms with Crippen molar-refractivity contribution in [3.05, 3.63) is 46.4 Å². The Morgan fingerprint density at radius 3 is 2.48 bits per heavy atom. The first-order valence-corrected chi connectivity index (χ1v) is 7.55. The molecule has 1 aliphatic rings. The lowest BCUT2D eigenvalue weighted by Gasteiger charge is -2.09. The maximum atomic E-state index is 10.2. The predicted molar refractivity (Wildman–Crippen MR) is 85.1 cm³/mol. The Morgan fingerprint density at radius 2 is 1.76 bits per heavy atom. The molecule has 4 rings (SSSR count). The third kappa shape index (κ3) is 2.17. The van der Waals surface area contributed by atoms with Gasteiger partial charge in [0.15, 0.2) is 0 Å². The summed E-state index contributed by atoms with van der Waals surface area (Å²) in [5, 5.41) is 11.4. The summed E-state index contributed by atoms with van der Waals surface area (Å²) in [6.07, 6.45) is 2.27. The molecule has 0 aliphatic heterocycles. The largest absolute Gasteiger partial charge is 0.507 e. The van der Waals surface area contributed by atoms with Crippen LogP contribution in [-0.4, -0.2) is 14.7 Å². The molecule has 0 unspecified atom stereocenters. The summed E-state index contributed by atoms with van der Waals surface area (Å²) < 4.78 is 2.19. The van der Waals surface area contributed by atoms with Crippen molar-refractivity contribution in [1.82, 2.24) is 9.55 Å². The van der Waals surface area contributed by atoms with Crippen molar-refractivity contribution in [2.45, 2.75) is 18.9 Å². The van der Waals surface area contributed by atoms with Crippen molar-refractivity contribution in [2.24, 2.45) is 0 Å². The van der Waals surface area contributed by atoms with Crippen molar-refractivity contribution in [1.29, 1.82) is 0 Å². The zero-order valence-corrected chi connectivity index (χ0v) is 12.6. The molecule has 0 radical (unpaired) electrons. The minimum absolute atomic E-state index is 0.144. The molecule has 0 spiro atoms. The van der Waals surface area contributed by atoms with Crippen molar-refractivity contribution < 1.29 is 5.11 Å². The minimum Gasteiger partial charge on any atom is -0.507 e. The topological polar surface area (TPSA) is 38.1 Å². The van der Waals surface area contributed by atoms with Gasteiger partial charge in [-0.1, -0.05) is 23.2 Å². The number of aromatic hydroxyl groups is 1. The van der Waals surface area contributed by atoms with Crippen LogP contribution in [0.1, 0.15) is 18.9 Å². The Labute approximate surface area is 131 Å². The molecule has 1 fully saturated rings. The van der Waals surface area contributed by atoms with E-state index in [0.29, 0.717) is 21.7 Å². The number of hydrogen-bond acceptors (Lipinski definition) is 2. The van der Waals surface area contributed by atoms with Gasteiger partial charge in [-0.05, 0) is 49.2 Å². The van der Waals surface area contributed by atoms with Crippen LogP contribution in [0.15, 0.2) is 36.4 Å². The third-order valence-corrected chi connectivity index (χ3v) is 4.23. The lowest BCUT2D eigenvalue weighted by molar-refractivity contribution is 0.476. The smallest absolute Gasteiger partial charge is 0.145 e. The van der Waals surface area contributed by atoms with E-state index in [1.54, 1.807) is 18.2 Å². The first kappa shape index (κ1) is 13.0. The number of halogens is 2. The molecule has 106 valence electrons. The van der Waals surface area contributed by atoms with Crippen molar-refractivity contribution in [3.8, 4) is 17.1 Å². The van der Waals surface area contributed by atoms with Gasteiger partial charge in [0.25, 0.3) is 0 Å². The Hall–Kier alpha value is -1.71. The van der Waals surface area contributed by atoms with Gasteiger partial charge in [0.05, 0.1) is 16.6 Å². The second-order valence-electron chi connectivity index (χ2n) is 5.33. The molecule has 2 aromatic carbocycles. The lowest BCUT2D eigenvalue weighted by Crippen LogP contribution is -1.97. The van der Waals surface area contributed by atoms with Gasteiger partial charge in [0.2, 0.25) is 0 Å². The number of aromatic nitrogens is 2. The first-order chi connectivity index (χ1) is 10.1. The Balaban J connectivity index is 2.01. The van der Waals surface area contributed by atoms with Gasteiger partial charge in [-0.15, -0.1) is 0 Å². The fourth-order valence-electron chi connectivity index (χ4n) is 2.66. The predicted octanol–water partition coefficient (Wildman–Crippen LogP) is 5.05. The number of nitrogens with zero attached hydrogens (tertiary/aromatic N) is 2. The van der Waals surface area contributed by atoms with Crippen LogP contribution in [0, 0.1) is 0 Å². The summed E-state index contributed by atoms with van der Waals surface area (Å²) in [6.45, 7) is 0. The van der Waals surface area contributed by atoms with Crippen molar-refractivity contribution in [2.75, 3.05) is 0 Å². The second kappa shape index (κ2) is 4.65. The van der Waals surface area contributed by atoms with E-state index < -0.39 is 0 Å². The molecule has 1 saturated carbocycles. The van der Waals surface area contributed by atoms with Gasteiger partial charge in [0, 0.05) is 16.1 Å². The molecule has 21 heavy (non-hydrogen) atoms. The highest BCUT2D eigenvalue weighted by Crippen LogP contribution is 2.43. The highest BCUT2D eigenvalue weighted by atomic mass is 35.5. The quantitative estimate of drug-likeness (QED) is 0.718. The summed E-state index contributed by atoms with van der Waals surface area (Å²) in [7, 11) is 0. The Morgan fingerprint density at radius 1 is 1.05 bits per heavy atom. The number of imidazole rings is 1. The zero-order chi connectivity index (χ0) is 14.6. The van der Waals surface area contributed by atoms with Crippen LogP contribution in [-0.2, 0) is 0 Å². The molecular formula is C16H12Cl2N2O. The van der Waals surface area contributed by atoms with Crippen LogP contribution in [0.2, 0.25) is 10.0 Å². The highest BCUT2D eigenvalue weighted by Gasteiger charge is 2.29.